The van der Waals surface area contributed by atoms with Gasteiger partial charge < -0.3 is 42.0 Å². The van der Waals surface area contributed by atoms with E-state index in [1.54, 1.807) is 0 Å². The minimum Gasteiger partial charge on any atom is -1.00 e. The molecule has 48 valence electrons. The molecule has 1 aliphatic rings. The number of ether oxygens (including phenoxy) is 1. The van der Waals surface area contributed by atoms with Gasteiger partial charge in [0.25, 0.3) is 0 Å². The number of epoxide rings is 1. The molecule has 1 aliphatic heterocycles. The predicted octanol–water partition coefficient (Wildman–Crippen LogP) is -8.96. The largest absolute Gasteiger partial charge is 3.00 e. The Kier molecular flexibility index (Phi) is 31.9. The van der Waals surface area contributed by atoms with Gasteiger partial charge >= 0.3 is 17.4 Å². The fraction of sp³-hybridized carbons (Fsp3) is 1.00. The van der Waals surface area contributed by atoms with Crippen LogP contribution in [0.15, 0.2) is 0 Å². The van der Waals surface area contributed by atoms with Crippen molar-refractivity contribution in [1.82, 2.24) is 0 Å². The third-order valence-electron chi connectivity index (χ3n) is 0.500. The molecule has 0 aromatic rings. The minimum absolute atomic E-state index is 0. The fourth-order valence-corrected chi connectivity index (χ4v) is 0.0962. The molecule has 0 bridgehead atoms. The summed E-state index contributed by atoms with van der Waals surface area (Å²) < 4.78 is 4.71. The summed E-state index contributed by atoms with van der Waals surface area (Å²) in [5.41, 5.74) is 0. The van der Waals surface area contributed by atoms with E-state index in [0.717, 1.165) is 6.61 Å². The molecule has 1 fully saturated rings. The second kappa shape index (κ2) is 11.2. The molecule has 1 nitrogen and oxygen atoms in total. The summed E-state index contributed by atoms with van der Waals surface area (Å²) in [6, 6.07) is 0. The first-order chi connectivity index (χ1) is 1.89. The van der Waals surface area contributed by atoms with Crippen molar-refractivity contribution in [3.63, 3.8) is 0 Å². The minimum atomic E-state index is 0. The maximum absolute atomic E-state index is 4.71. The van der Waals surface area contributed by atoms with E-state index in [4.69, 9.17) is 4.74 Å². The average Bonchev–Trinajstić information content (AvgIpc) is 1.75. The topological polar surface area (TPSA) is 12.5 Å². The Morgan fingerprint density at radius 2 is 1.38 bits per heavy atom. The van der Waals surface area contributed by atoms with E-state index < -0.39 is 0 Å². The third kappa shape index (κ3) is 15.7. The molecular formula is C3H6AlCl3O. The zero-order valence-electron chi connectivity index (χ0n) is 4.40. The number of hydrogen-bond acceptors (Lipinski definition) is 1. The van der Waals surface area contributed by atoms with E-state index in [2.05, 4.69) is 6.92 Å². The Balaban J connectivity index is -0.0000000200. The SMILES string of the molecule is CC1CO1.[Al+3].[Cl-].[Cl-].[Cl-]. The quantitative estimate of drug-likeness (QED) is 0.274. The van der Waals surface area contributed by atoms with Gasteiger partial charge in [-0.1, -0.05) is 0 Å². The maximum atomic E-state index is 4.71. The van der Waals surface area contributed by atoms with Crippen molar-refractivity contribution in [3.8, 4) is 0 Å². The van der Waals surface area contributed by atoms with Crippen LogP contribution in [0, 0.1) is 0 Å². The van der Waals surface area contributed by atoms with Crippen LogP contribution < -0.4 is 37.2 Å². The first-order valence-electron chi connectivity index (χ1n) is 1.51. The second-order valence-electron chi connectivity index (χ2n) is 1.14. The standard InChI is InChI=1S/C3H6O.Al.3ClH/c1-3-2-4-3;;;;/h3H,2H2,1H3;;3*1H/q;+3;;;/p-3. The Hall–Kier alpha value is 1.36. The maximum Gasteiger partial charge on any atom is 3.00 e. The van der Waals surface area contributed by atoms with Crippen molar-refractivity contribution in [2.24, 2.45) is 0 Å². The van der Waals surface area contributed by atoms with Crippen molar-refractivity contribution in [2.45, 2.75) is 13.0 Å². The summed E-state index contributed by atoms with van der Waals surface area (Å²) in [5.74, 6) is 0. The normalized spacial score (nSPS) is 19.9. The summed E-state index contributed by atoms with van der Waals surface area (Å²) in [5, 5.41) is 0. The molecule has 0 aliphatic carbocycles. The summed E-state index contributed by atoms with van der Waals surface area (Å²) in [6.45, 7) is 3.04. The van der Waals surface area contributed by atoms with Crippen molar-refractivity contribution in [2.75, 3.05) is 6.61 Å². The molecule has 0 radical (unpaired) electrons. The predicted molar refractivity (Wildman–Crippen MR) is 21.2 cm³/mol. The smallest absolute Gasteiger partial charge is 1.00 e. The summed E-state index contributed by atoms with van der Waals surface area (Å²) >= 11 is 0. The van der Waals surface area contributed by atoms with Gasteiger partial charge in [-0.25, -0.2) is 0 Å². The van der Waals surface area contributed by atoms with Crippen LogP contribution in [-0.4, -0.2) is 30.1 Å². The van der Waals surface area contributed by atoms with E-state index in [0.29, 0.717) is 6.10 Å². The monoisotopic (exact) mass is 190 g/mol. The molecule has 0 aromatic carbocycles. The van der Waals surface area contributed by atoms with E-state index in [1.165, 1.54) is 0 Å². The van der Waals surface area contributed by atoms with Gasteiger partial charge in [0.2, 0.25) is 0 Å². The molecule has 0 saturated carbocycles. The van der Waals surface area contributed by atoms with Gasteiger partial charge in [-0.05, 0) is 6.92 Å². The van der Waals surface area contributed by atoms with Gasteiger partial charge in [0.15, 0.2) is 0 Å². The van der Waals surface area contributed by atoms with Crippen molar-refractivity contribution < 1.29 is 42.0 Å². The third-order valence-corrected chi connectivity index (χ3v) is 0.500. The summed E-state index contributed by atoms with van der Waals surface area (Å²) in [7, 11) is 0. The Bertz CT molecular complexity index is 33.7. The Morgan fingerprint density at radius 1 is 1.25 bits per heavy atom. The van der Waals surface area contributed by atoms with Crippen LogP contribution >= 0.6 is 0 Å². The van der Waals surface area contributed by atoms with E-state index in [9.17, 15) is 0 Å². The molecule has 1 unspecified atom stereocenters. The Morgan fingerprint density at radius 3 is 1.38 bits per heavy atom. The van der Waals surface area contributed by atoms with Crippen LogP contribution in [0.2, 0.25) is 0 Å². The molecule has 0 amide bonds. The van der Waals surface area contributed by atoms with Gasteiger partial charge in [-0.2, -0.15) is 0 Å². The van der Waals surface area contributed by atoms with Gasteiger partial charge in [0, 0.05) is 0 Å². The number of halogens is 3. The van der Waals surface area contributed by atoms with Gasteiger partial charge in [-0.3, -0.25) is 0 Å². The molecule has 1 saturated heterocycles. The van der Waals surface area contributed by atoms with Crippen LogP contribution in [0.5, 0.6) is 0 Å². The van der Waals surface area contributed by atoms with E-state index >= 15 is 0 Å². The van der Waals surface area contributed by atoms with Crippen LogP contribution in [-0.2, 0) is 4.74 Å². The van der Waals surface area contributed by atoms with Crippen molar-refractivity contribution in [1.29, 1.82) is 0 Å². The summed E-state index contributed by atoms with van der Waals surface area (Å²) in [6.07, 6.45) is 0.583. The van der Waals surface area contributed by atoms with Gasteiger partial charge in [0.05, 0.1) is 12.7 Å². The molecule has 0 spiro atoms. The van der Waals surface area contributed by atoms with Crippen LogP contribution in [0.1, 0.15) is 6.92 Å². The molecule has 0 N–H and O–H groups in total. The average molecular weight is 191 g/mol. The molecule has 1 atom stereocenters. The Labute approximate surface area is 78.9 Å². The second-order valence-corrected chi connectivity index (χ2v) is 1.14. The number of hydrogen-bond donors (Lipinski definition) is 0. The molecule has 1 rings (SSSR count). The van der Waals surface area contributed by atoms with Crippen LogP contribution in [0.4, 0.5) is 0 Å². The van der Waals surface area contributed by atoms with E-state index in [1.807, 2.05) is 0 Å². The van der Waals surface area contributed by atoms with Crippen LogP contribution in [0.25, 0.3) is 0 Å². The van der Waals surface area contributed by atoms with E-state index in [-0.39, 0.29) is 54.6 Å². The summed E-state index contributed by atoms with van der Waals surface area (Å²) in [4.78, 5) is 0. The first-order valence-corrected chi connectivity index (χ1v) is 1.51. The zero-order chi connectivity index (χ0) is 2.99. The fourth-order valence-electron chi connectivity index (χ4n) is 0.0962. The van der Waals surface area contributed by atoms with Crippen molar-refractivity contribution >= 4 is 17.4 Å². The molecule has 8 heavy (non-hydrogen) atoms. The zero-order valence-corrected chi connectivity index (χ0v) is 7.83. The van der Waals surface area contributed by atoms with Gasteiger partial charge in [-0.15, -0.1) is 0 Å². The molecular weight excluding hydrogens is 185 g/mol. The molecule has 0 aromatic heterocycles. The van der Waals surface area contributed by atoms with Crippen molar-refractivity contribution in [3.05, 3.63) is 0 Å². The number of rotatable bonds is 0. The molecule has 5 heteroatoms. The molecule has 1 heterocycles. The van der Waals surface area contributed by atoms with Gasteiger partial charge in [0.1, 0.15) is 0 Å². The first kappa shape index (κ1) is 22.8. The van der Waals surface area contributed by atoms with Crippen LogP contribution in [0.3, 0.4) is 0 Å².